The number of benzene rings is 1. The average Bonchev–Trinajstić information content (AvgIpc) is 2.53. The van der Waals surface area contributed by atoms with Crippen LogP contribution in [0.15, 0.2) is 39.6 Å². The second-order valence-electron chi connectivity index (χ2n) is 6.44. The normalized spacial score (nSPS) is 11.2. The van der Waals surface area contributed by atoms with Gasteiger partial charge >= 0.3 is 5.97 Å². The van der Waals surface area contributed by atoms with Gasteiger partial charge in [0.1, 0.15) is 11.3 Å². The number of hydrogen-bond acceptors (Lipinski definition) is 5. The number of carbonyl (C=O) groups excluding carboxylic acids is 2. The summed E-state index contributed by atoms with van der Waals surface area (Å²) in [7, 11) is 0. The number of rotatable bonds is 4. The third kappa shape index (κ3) is 4.22. The van der Waals surface area contributed by atoms with Crippen LogP contribution in [0, 0.1) is 5.41 Å². The van der Waals surface area contributed by atoms with Crippen molar-refractivity contribution in [2.24, 2.45) is 5.41 Å². The molecule has 2 aromatic rings. The van der Waals surface area contributed by atoms with E-state index in [1.54, 1.807) is 52.0 Å². The molecule has 0 amide bonds. The van der Waals surface area contributed by atoms with Gasteiger partial charge in [0.2, 0.25) is 0 Å². The van der Waals surface area contributed by atoms with E-state index in [4.69, 9.17) is 4.74 Å². The Bertz CT molecular complexity index is 881. The number of ketones is 1. The topological polar surface area (TPSA) is 78.3 Å². The molecule has 0 aliphatic rings. The van der Waals surface area contributed by atoms with E-state index in [1.807, 2.05) is 0 Å². The zero-order valence-electron chi connectivity index (χ0n) is 14.5. The molecule has 1 aromatic carbocycles. The van der Waals surface area contributed by atoms with E-state index in [1.165, 1.54) is 6.07 Å². The lowest BCUT2D eigenvalue weighted by atomic mass is 9.88. The largest absolute Gasteiger partial charge is 0.462 e. The van der Waals surface area contributed by atoms with Gasteiger partial charge in [0.25, 0.3) is 5.56 Å². The molecular formula is C18H19BrN2O4. The highest BCUT2D eigenvalue weighted by atomic mass is 79.9. The molecule has 0 spiro atoms. The summed E-state index contributed by atoms with van der Waals surface area (Å²) in [4.78, 5) is 37.5. The van der Waals surface area contributed by atoms with Gasteiger partial charge in [0.15, 0.2) is 5.78 Å². The average molecular weight is 407 g/mol. The molecule has 25 heavy (non-hydrogen) atoms. The minimum Gasteiger partial charge on any atom is -0.462 e. The van der Waals surface area contributed by atoms with Crippen LogP contribution in [0.5, 0.6) is 0 Å². The number of aromatic nitrogens is 2. The van der Waals surface area contributed by atoms with E-state index in [9.17, 15) is 14.4 Å². The fourth-order valence-electron chi connectivity index (χ4n) is 2.13. The molecule has 2 rings (SSSR count). The smallest absolute Gasteiger partial charge is 0.343 e. The zero-order chi connectivity index (χ0) is 18.8. The summed E-state index contributed by atoms with van der Waals surface area (Å²) in [6, 6.07) is 8.08. The molecule has 0 saturated heterocycles. The summed E-state index contributed by atoms with van der Waals surface area (Å²) < 4.78 is 6.73. The molecule has 1 aromatic heterocycles. The lowest BCUT2D eigenvalue weighted by Gasteiger charge is -2.17. The van der Waals surface area contributed by atoms with Crippen molar-refractivity contribution in [2.75, 3.05) is 6.61 Å². The number of esters is 1. The Morgan fingerprint density at radius 1 is 1.24 bits per heavy atom. The third-order valence-electron chi connectivity index (χ3n) is 3.37. The monoisotopic (exact) mass is 406 g/mol. The van der Waals surface area contributed by atoms with Gasteiger partial charge < -0.3 is 4.74 Å². The third-order valence-corrected chi connectivity index (χ3v) is 3.87. The van der Waals surface area contributed by atoms with E-state index in [2.05, 4.69) is 21.0 Å². The Balaban J connectivity index is 2.74. The summed E-state index contributed by atoms with van der Waals surface area (Å²) in [5.41, 5.74) is -1.09. The summed E-state index contributed by atoms with van der Waals surface area (Å²) >= 11 is 3.33. The van der Waals surface area contributed by atoms with Crippen LogP contribution in [0.4, 0.5) is 0 Å². The van der Waals surface area contributed by atoms with Gasteiger partial charge in [0, 0.05) is 9.89 Å². The molecule has 0 atom stereocenters. The molecule has 1 heterocycles. The molecule has 0 radical (unpaired) electrons. The van der Waals surface area contributed by atoms with Crippen LogP contribution in [0.2, 0.25) is 0 Å². The number of carbonyl (C=O) groups is 2. The second-order valence-corrected chi connectivity index (χ2v) is 7.36. The number of hydrogen-bond donors (Lipinski definition) is 0. The Hall–Kier alpha value is -2.28. The van der Waals surface area contributed by atoms with E-state index >= 15 is 0 Å². The van der Waals surface area contributed by atoms with Gasteiger partial charge in [-0.1, -0.05) is 42.8 Å². The molecule has 0 aliphatic heterocycles. The second kappa shape index (κ2) is 7.31. The number of nitrogens with zero attached hydrogens (tertiary/aromatic N) is 2. The molecule has 6 nitrogen and oxygen atoms in total. The van der Waals surface area contributed by atoms with Crippen molar-refractivity contribution >= 4 is 27.7 Å². The van der Waals surface area contributed by atoms with E-state index in [-0.39, 0.29) is 23.6 Å². The van der Waals surface area contributed by atoms with Crippen molar-refractivity contribution in [3.8, 4) is 5.69 Å². The number of Topliss-reactive ketones (excluding diaryl/α,β-unsaturated/α-hetero) is 1. The maximum Gasteiger partial charge on any atom is 0.343 e. The number of ether oxygens (including phenoxy) is 1. The van der Waals surface area contributed by atoms with Gasteiger partial charge in [0.05, 0.1) is 12.3 Å². The minimum absolute atomic E-state index is 0.0372. The van der Waals surface area contributed by atoms with Crippen molar-refractivity contribution in [3.63, 3.8) is 0 Å². The molecular weight excluding hydrogens is 388 g/mol. The molecule has 0 saturated carbocycles. The van der Waals surface area contributed by atoms with Crippen molar-refractivity contribution in [1.82, 2.24) is 9.78 Å². The van der Waals surface area contributed by atoms with E-state index < -0.39 is 16.9 Å². The summed E-state index contributed by atoms with van der Waals surface area (Å²) in [5, 5.41) is 4.18. The summed E-state index contributed by atoms with van der Waals surface area (Å²) in [6.45, 7) is 7.01. The van der Waals surface area contributed by atoms with Gasteiger partial charge in [-0.25, -0.2) is 4.79 Å². The molecule has 0 fully saturated rings. The highest BCUT2D eigenvalue weighted by Crippen LogP contribution is 2.20. The van der Waals surface area contributed by atoms with Crippen LogP contribution in [-0.4, -0.2) is 28.1 Å². The molecule has 7 heteroatoms. The van der Waals surface area contributed by atoms with Crippen LogP contribution in [0.25, 0.3) is 5.69 Å². The maximum atomic E-state index is 12.7. The first-order chi connectivity index (χ1) is 11.6. The van der Waals surface area contributed by atoms with Crippen LogP contribution >= 0.6 is 15.9 Å². The zero-order valence-corrected chi connectivity index (χ0v) is 16.1. The predicted molar refractivity (Wildman–Crippen MR) is 97.3 cm³/mol. The van der Waals surface area contributed by atoms with Crippen LogP contribution in [-0.2, 0) is 4.74 Å². The fourth-order valence-corrected chi connectivity index (χ4v) is 2.51. The van der Waals surface area contributed by atoms with Crippen molar-refractivity contribution in [1.29, 1.82) is 0 Å². The van der Waals surface area contributed by atoms with Crippen molar-refractivity contribution in [2.45, 2.75) is 27.7 Å². The van der Waals surface area contributed by atoms with E-state index in [0.29, 0.717) is 5.69 Å². The minimum atomic E-state index is -0.776. The fraction of sp³-hybridized carbons (Fsp3) is 0.333. The highest BCUT2D eigenvalue weighted by Gasteiger charge is 2.27. The van der Waals surface area contributed by atoms with E-state index in [0.717, 1.165) is 9.15 Å². The molecule has 0 N–H and O–H groups in total. The van der Waals surface area contributed by atoms with Crippen molar-refractivity contribution < 1.29 is 14.3 Å². The molecule has 0 aliphatic carbocycles. The Morgan fingerprint density at radius 3 is 2.48 bits per heavy atom. The van der Waals surface area contributed by atoms with Gasteiger partial charge in [-0.2, -0.15) is 9.78 Å². The van der Waals surface area contributed by atoms with Crippen LogP contribution < -0.4 is 5.56 Å². The Labute approximate surface area is 153 Å². The SMILES string of the molecule is CCOC(=O)c1cc(C(=O)C(C)(C)C)nn(-c2cccc(Br)c2)c1=O. The van der Waals surface area contributed by atoms with Gasteiger partial charge in [-0.05, 0) is 31.2 Å². The maximum absolute atomic E-state index is 12.7. The van der Waals surface area contributed by atoms with Gasteiger partial charge in [-0.3, -0.25) is 9.59 Å². The first-order valence-electron chi connectivity index (χ1n) is 7.77. The summed E-state index contributed by atoms with van der Waals surface area (Å²) in [6.07, 6.45) is 0. The number of halogens is 1. The molecule has 0 bridgehead atoms. The van der Waals surface area contributed by atoms with Crippen LogP contribution in [0.1, 0.15) is 48.5 Å². The molecule has 0 unspecified atom stereocenters. The lowest BCUT2D eigenvalue weighted by Crippen LogP contribution is -2.32. The van der Waals surface area contributed by atoms with Crippen LogP contribution in [0.3, 0.4) is 0 Å². The Kier molecular flexibility index (Phi) is 5.57. The quantitative estimate of drug-likeness (QED) is 0.574. The first kappa shape index (κ1) is 19.1. The Morgan fingerprint density at radius 2 is 1.92 bits per heavy atom. The standard InChI is InChI=1S/C18H19BrN2O4/c1-5-25-17(24)13-10-14(15(22)18(2,3)4)20-21(16(13)23)12-8-6-7-11(19)9-12/h6-10H,5H2,1-4H3. The lowest BCUT2D eigenvalue weighted by molar-refractivity contribution is 0.0523. The van der Waals surface area contributed by atoms with Crippen molar-refractivity contribution in [3.05, 3.63) is 56.4 Å². The predicted octanol–water partition coefficient (Wildman–Crippen LogP) is 3.40. The highest BCUT2D eigenvalue weighted by molar-refractivity contribution is 9.10. The van der Waals surface area contributed by atoms with Gasteiger partial charge in [-0.15, -0.1) is 0 Å². The summed E-state index contributed by atoms with van der Waals surface area (Å²) in [5.74, 6) is -1.05. The first-order valence-corrected chi connectivity index (χ1v) is 8.56. The molecule has 132 valence electrons.